The summed E-state index contributed by atoms with van der Waals surface area (Å²) in [7, 11) is 0. The molecule has 3 aromatic carbocycles. The number of imidazole rings is 1. The van der Waals surface area contributed by atoms with E-state index in [2.05, 4.69) is 55.1 Å². The molecule has 10 rings (SSSR count). The van der Waals surface area contributed by atoms with E-state index in [9.17, 15) is 24.0 Å². The summed E-state index contributed by atoms with van der Waals surface area (Å²) in [6.07, 6.45) is 7.91. The average Bonchev–Trinajstić information content (AvgIpc) is 4.14. The highest BCUT2D eigenvalue weighted by atomic mass is 32.2. The Kier molecular flexibility index (Phi) is 11.8. The van der Waals surface area contributed by atoms with Crippen molar-refractivity contribution in [1.82, 2.24) is 34.9 Å². The van der Waals surface area contributed by atoms with Gasteiger partial charge in [-0.2, -0.15) is 0 Å². The molecule has 14 nitrogen and oxygen atoms in total. The Morgan fingerprint density at radius 2 is 1.58 bits per heavy atom. The van der Waals surface area contributed by atoms with Crippen molar-refractivity contribution in [3.63, 3.8) is 0 Å². The van der Waals surface area contributed by atoms with E-state index >= 15 is 4.39 Å². The van der Waals surface area contributed by atoms with Gasteiger partial charge in [0.05, 0.1) is 31.7 Å². The highest BCUT2D eigenvalue weighted by molar-refractivity contribution is 8.14. The maximum Gasteiger partial charge on any atom is 0.255 e. The number of fused-ring (bicyclic) bond motifs is 2. The number of carbonyl (C=O) groups excluding carboxylic acids is 5. The molecule has 64 heavy (non-hydrogen) atoms. The van der Waals surface area contributed by atoms with Gasteiger partial charge in [-0.25, -0.2) is 9.37 Å². The van der Waals surface area contributed by atoms with Gasteiger partial charge in [0.15, 0.2) is 11.2 Å². The molecule has 6 aliphatic rings. The molecule has 4 aromatic rings. The van der Waals surface area contributed by atoms with Gasteiger partial charge in [-0.15, -0.1) is 0 Å². The summed E-state index contributed by atoms with van der Waals surface area (Å²) in [5.74, 6) is -0.115. The van der Waals surface area contributed by atoms with Crippen LogP contribution in [0.25, 0.3) is 11.1 Å². The zero-order chi connectivity index (χ0) is 43.9. The smallest absolute Gasteiger partial charge is 0.255 e. The van der Waals surface area contributed by atoms with Crippen LogP contribution in [0.15, 0.2) is 72.0 Å². The molecule has 5 amide bonds. The first-order valence-electron chi connectivity index (χ1n) is 22.6. The number of halogens is 1. The summed E-state index contributed by atoms with van der Waals surface area (Å²) in [5.41, 5.74) is 6.69. The first-order chi connectivity index (χ1) is 31.1. The predicted molar refractivity (Wildman–Crippen MR) is 241 cm³/mol. The minimum absolute atomic E-state index is 0.0334. The normalized spacial score (nSPS) is 21.1. The number of benzene rings is 3. The number of thioether (sulfide) groups is 1. The van der Waals surface area contributed by atoms with Crippen LogP contribution in [-0.2, 0) is 38.7 Å². The van der Waals surface area contributed by atoms with Gasteiger partial charge in [-0.1, -0.05) is 48.2 Å². The number of imide groups is 1. The van der Waals surface area contributed by atoms with E-state index in [-0.39, 0.29) is 35.4 Å². The zero-order valence-electron chi connectivity index (χ0n) is 35.7. The highest BCUT2D eigenvalue weighted by Crippen LogP contribution is 2.38. The van der Waals surface area contributed by atoms with Crippen LogP contribution in [0.3, 0.4) is 0 Å². The number of piperidine rings is 3. The predicted octanol–water partition coefficient (Wildman–Crippen LogP) is 5.35. The second-order valence-electron chi connectivity index (χ2n) is 17.8. The van der Waals surface area contributed by atoms with Crippen LogP contribution in [0.5, 0.6) is 0 Å². The summed E-state index contributed by atoms with van der Waals surface area (Å²) in [5, 5.41) is 9.07. The van der Waals surface area contributed by atoms with Crippen molar-refractivity contribution >= 4 is 52.2 Å². The van der Waals surface area contributed by atoms with E-state index < -0.39 is 29.7 Å². The maximum atomic E-state index is 16.0. The van der Waals surface area contributed by atoms with Gasteiger partial charge in [-0.3, -0.25) is 39.2 Å². The van der Waals surface area contributed by atoms with Crippen molar-refractivity contribution in [3.8, 4) is 11.1 Å². The van der Waals surface area contributed by atoms with Gasteiger partial charge in [0.1, 0.15) is 11.9 Å². The SMILES string of the molecule is O=C1CC[C@@H](Nc2ccc(C3CCN(CC(=O)N4CCC(c5ccc(-c6cc(F)c7c(c6)C(=O)N(C(C(=O)NC6=NCCS6)c6ncn8c6CCC8)C7)cc5)CC4)CC3)cc2)C(=O)N1. The summed E-state index contributed by atoms with van der Waals surface area (Å²) in [4.78, 5) is 79.8. The first kappa shape index (κ1) is 42.1. The Labute approximate surface area is 375 Å². The minimum atomic E-state index is -1.02. The molecule has 0 spiro atoms. The third-order valence-electron chi connectivity index (χ3n) is 13.9. The number of rotatable bonds is 10. The van der Waals surface area contributed by atoms with E-state index in [1.807, 2.05) is 33.7 Å². The number of hydrogen-bond acceptors (Lipinski definition) is 10. The van der Waals surface area contributed by atoms with E-state index in [0.29, 0.717) is 67.3 Å². The zero-order valence-corrected chi connectivity index (χ0v) is 36.5. The Morgan fingerprint density at radius 3 is 2.28 bits per heavy atom. The molecule has 1 aromatic heterocycles. The van der Waals surface area contributed by atoms with Crippen molar-refractivity contribution in [3.05, 3.63) is 106 Å². The quantitative estimate of drug-likeness (QED) is 0.178. The number of nitrogens with zero attached hydrogens (tertiary/aromatic N) is 6. The second kappa shape index (κ2) is 18.0. The fourth-order valence-electron chi connectivity index (χ4n) is 10.3. The molecule has 0 bridgehead atoms. The highest BCUT2D eigenvalue weighted by Gasteiger charge is 2.42. The Bertz CT molecular complexity index is 2510. The van der Waals surface area contributed by atoms with Crippen LogP contribution in [0.1, 0.15) is 101 Å². The number of carbonyl (C=O) groups is 5. The molecule has 0 saturated carbocycles. The second-order valence-corrected chi connectivity index (χ2v) is 18.9. The van der Waals surface area contributed by atoms with E-state index in [0.717, 1.165) is 80.9 Å². The fraction of sp³-hybridized carbons (Fsp3) is 0.438. The van der Waals surface area contributed by atoms with Crippen LogP contribution in [0.4, 0.5) is 10.1 Å². The Balaban J connectivity index is 0.720. The van der Waals surface area contributed by atoms with Crippen LogP contribution in [0, 0.1) is 5.82 Å². The molecule has 3 N–H and O–H groups in total. The van der Waals surface area contributed by atoms with Gasteiger partial charge >= 0.3 is 0 Å². The minimum Gasteiger partial charge on any atom is -0.374 e. The molecule has 1 unspecified atom stereocenters. The number of aryl methyl sites for hydroxylation is 1. The van der Waals surface area contributed by atoms with Gasteiger partial charge < -0.3 is 25.0 Å². The monoisotopic (exact) mass is 885 g/mol. The van der Waals surface area contributed by atoms with Crippen molar-refractivity contribution in [2.75, 3.05) is 50.3 Å². The van der Waals surface area contributed by atoms with Crippen LogP contribution in [0.2, 0.25) is 0 Å². The van der Waals surface area contributed by atoms with Crippen molar-refractivity contribution in [1.29, 1.82) is 0 Å². The lowest BCUT2D eigenvalue weighted by atomic mass is 9.88. The Hall–Kier alpha value is -5.87. The molecule has 0 radical (unpaired) electrons. The molecular formula is C48H52FN9O5S. The molecule has 3 fully saturated rings. The van der Waals surface area contributed by atoms with E-state index in [1.165, 1.54) is 33.9 Å². The number of anilines is 1. The number of likely N-dealkylation sites (tertiary alicyclic amines) is 2. The largest absolute Gasteiger partial charge is 0.374 e. The van der Waals surface area contributed by atoms with Gasteiger partial charge in [0, 0.05) is 54.3 Å². The van der Waals surface area contributed by atoms with Crippen molar-refractivity contribution in [2.45, 2.75) is 88.4 Å². The number of aliphatic imine (C=N–C) groups is 1. The van der Waals surface area contributed by atoms with Crippen LogP contribution in [-0.4, -0.2) is 110 Å². The first-order valence-corrected chi connectivity index (χ1v) is 23.6. The summed E-state index contributed by atoms with van der Waals surface area (Å²) in [6.45, 7) is 4.92. The molecule has 2 atom stereocenters. The Morgan fingerprint density at radius 1 is 0.859 bits per heavy atom. The number of hydrogen-bond donors (Lipinski definition) is 3. The van der Waals surface area contributed by atoms with Crippen LogP contribution >= 0.6 is 11.8 Å². The molecule has 0 aliphatic carbocycles. The third-order valence-corrected chi connectivity index (χ3v) is 14.8. The average molecular weight is 886 g/mol. The standard InChI is InChI=1S/C48H52FN9O5S/c49-38-25-34(24-36-37(38)26-58(47(36)63)44(46(62)54-48-50-17-23-64-48)43-40-2-1-18-57(40)28-51-43)31-5-3-29(4-6-31)33-15-21-56(22-16-33)42(60)27-55-19-13-32(14-20-55)30-7-9-35(10-8-30)52-39-11-12-41(59)53-45(39)61/h3-10,24-25,28,32-33,39,44,52H,1-2,11-23,26-27H2,(H,50,54,62)(H,53,59,61)/t39-,44?/m1/s1. The van der Waals surface area contributed by atoms with Crippen molar-refractivity contribution in [2.24, 2.45) is 4.99 Å². The maximum absolute atomic E-state index is 16.0. The number of aromatic nitrogens is 2. The lowest BCUT2D eigenvalue weighted by Crippen LogP contribution is -2.47. The fourth-order valence-corrected chi connectivity index (χ4v) is 11.0. The van der Waals surface area contributed by atoms with Crippen LogP contribution < -0.4 is 16.0 Å². The molecule has 6 aliphatic heterocycles. The summed E-state index contributed by atoms with van der Waals surface area (Å²) < 4.78 is 18.0. The molecule has 7 heterocycles. The van der Waals surface area contributed by atoms with Gasteiger partial charge in [-0.05, 0) is 116 Å². The van der Waals surface area contributed by atoms with Crippen molar-refractivity contribution < 1.29 is 28.4 Å². The van der Waals surface area contributed by atoms with E-state index in [4.69, 9.17) is 0 Å². The molecule has 16 heteroatoms. The number of amidine groups is 1. The number of nitrogens with one attached hydrogen (secondary N) is 3. The molecular weight excluding hydrogens is 834 g/mol. The topological polar surface area (TPSA) is 161 Å². The summed E-state index contributed by atoms with van der Waals surface area (Å²) in [6, 6.07) is 18.1. The number of amides is 5. The van der Waals surface area contributed by atoms with Gasteiger partial charge in [0.2, 0.25) is 17.7 Å². The molecule has 3 saturated heterocycles. The lowest BCUT2D eigenvalue weighted by Gasteiger charge is -2.36. The summed E-state index contributed by atoms with van der Waals surface area (Å²) >= 11 is 1.46. The van der Waals surface area contributed by atoms with Gasteiger partial charge in [0.25, 0.3) is 11.8 Å². The lowest BCUT2D eigenvalue weighted by molar-refractivity contribution is -0.134. The molecule has 332 valence electrons. The van der Waals surface area contributed by atoms with E-state index in [1.54, 1.807) is 12.4 Å². The third kappa shape index (κ3) is 8.57.